The number of benzene rings is 1. The van der Waals surface area contributed by atoms with Gasteiger partial charge < -0.3 is 10.1 Å². The SMILES string of the molecule is CCCNC(COc1ccc(C)cc1Cl)C1CC1. The van der Waals surface area contributed by atoms with Crippen molar-refractivity contribution in [3.8, 4) is 5.75 Å². The Balaban J connectivity index is 1.88. The van der Waals surface area contributed by atoms with Crippen LogP contribution < -0.4 is 10.1 Å². The van der Waals surface area contributed by atoms with E-state index in [0.29, 0.717) is 17.7 Å². The molecule has 0 radical (unpaired) electrons. The fraction of sp³-hybridized carbons (Fsp3) is 0.600. The Morgan fingerprint density at radius 3 is 2.83 bits per heavy atom. The Bertz CT molecular complexity index is 390. The standard InChI is InChI=1S/C15H22ClNO/c1-3-8-17-14(12-5-6-12)10-18-15-7-4-11(2)9-13(15)16/h4,7,9,12,14,17H,3,5-6,8,10H2,1-2H3. The zero-order chi connectivity index (χ0) is 13.0. The summed E-state index contributed by atoms with van der Waals surface area (Å²) in [4.78, 5) is 0. The van der Waals surface area contributed by atoms with Gasteiger partial charge in [0.05, 0.1) is 5.02 Å². The fourth-order valence-electron chi connectivity index (χ4n) is 2.09. The largest absolute Gasteiger partial charge is 0.490 e. The van der Waals surface area contributed by atoms with E-state index in [9.17, 15) is 0 Å². The van der Waals surface area contributed by atoms with E-state index in [2.05, 4.69) is 12.2 Å². The third-order valence-corrected chi connectivity index (χ3v) is 3.65. The van der Waals surface area contributed by atoms with Gasteiger partial charge in [-0.3, -0.25) is 0 Å². The number of ether oxygens (including phenoxy) is 1. The van der Waals surface area contributed by atoms with Crippen LogP contribution in [0.4, 0.5) is 0 Å². The van der Waals surface area contributed by atoms with E-state index < -0.39 is 0 Å². The average Bonchev–Trinajstić information content (AvgIpc) is 3.15. The molecule has 1 saturated carbocycles. The maximum Gasteiger partial charge on any atom is 0.137 e. The number of hydrogen-bond donors (Lipinski definition) is 1. The molecule has 1 aromatic rings. The Kier molecular flexibility index (Phi) is 4.90. The van der Waals surface area contributed by atoms with Gasteiger partial charge in [0.1, 0.15) is 12.4 Å². The molecule has 0 amide bonds. The summed E-state index contributed by atoms with van der Waals surface area (Å²) in [5.74, 6) is 1.59. The maximum atomic E-state index is 6.17. The highest BCUT2D eigenvalue weighted by Gasteiger charge is 2.31. The second-order valence-electron chi connectivity index (χ2n) is 5.14. The van der Waals surface area contributed by atoms with Crippen molar-refractivity contribution in [1.82, 2.24) is 5.32 Å². The minimum Gasteiger partial charge on any atom is -0.490 e. The summed E-state index contributed by atoms with van der Waals surface area (Å²) in [6.45, 7) is 6.00. The third-order valence-electron chi connectivity index (χ3n) is 3.35. The van der Waals surface area contributed by atoms with Gasteiger partial charge in [-0.2, -0.15) is 0 Å². The van der Waals surface area contributed by atoms with Crippen LogP contribution in [0.5, 0.6) is 5.75 Å². The van der Waals surface area contributed by atoms with Crippen LogP contribution in [-0.2, 0) is 0 Å². The number of rotatable bonds is 7. The quantitative estimate of drug-likeness (QED) is 0.811. The van der Waals surface area contributed by atoms with Crippen LogP contribution in [0.25, 0.3) is 0 Å². The van der Waals surface area contributed by atoms with Crippen LogP contribution in [0.2, 0.25) is 5.02 Å². The zero-order valence-corrected chi connectivity index (χ0v) is 12.0. The molecular weight excluding hydrogens is 246 g/mol. The summed E-state index contributed by atoms with van der Waals surface area (Å²) in [7, 11) is 0. The highest BCUT2D eigenvalue weighted by molar-refractivity contribution is 6.32. The van der Waals surface area contributed by atoms with E-state index in [1.165, 1.54) is 12.8 Å². The van der Waals surface area contributed by atoms with Gasteiger partial charge in [-0.15, -0.1) is 0 Å². The third kappa shape index (κ3) is 3.89. The predicted octanol–water partition coefficient (Wildman–Crippen LogP) is 3.81. The topological polar surface area (TPSA) is 21.3 Å². The van der Waals surface area contributed by atoms with Gasteiger partial charge in [0, 0.05) is 6.04 Å². The Hall–Kier alpha value is -0.730. The van der Waals surface area contributed by atoms with E-state index in [1.54, 1.807) is 0 Å². The molecule has 2 nitrogen and oxygen atoms in total. The molecule has 1 atom stereocenters. The normalized spacial score (nSPS) is 16.6. The van der Waals surface area contributed by atoms with E-state index in [0.717, 1.165) is 30.2 Å². The van der Waals surface area contributed by atoms with Crippen LogP contribution in [-0.4, -0.2) is 19.2 Å². The van der Waals surface area contributed by atoms with Crippen LogP contribution in [0.1, 0.15) is 31.7 Å². The Morgan fingerprint density at radius 2 is 2.22 bits per heavy atom. The lowest BCUT2D eigenvalue weighted by Crippen LogP contribution is -2.37. The minimum atomic E-state index is 0.474. The molecule has 18 heavy (non-hydrogen) atoms. The fourth-order valence-corrected chi connectivity index (χ4v) is 2.38. The molecule has 1 aliphatic carbocycles. The number of aryl methyl sites for hydroxylation is 1. The first-order valence-corrected chi connectivity index (χ1v) is 7.21. The summed E-state index contributed by atoms with van der Waals surface area (Å²) < 4.78 is 5.86. The highest BCUT2D eigenvalue weighted by Crippen LogP contribution is 2.33. The predicted molar refractivity (Wildman–Crippen MR) is 76.5 cm³/mol. The van der Waals surface area contributed by atoms with Gasteiger partial charge in [0.25, 0.3) is 0 Å². The van der Waals surface area contributed by atoms with Gasteiger partial charge in [-0.05, 0) is 56.3 Å². The van der Waals surface area contributed by atoms with Gasteiger partial charge in [-0.25, -0.2) is 0 Å². The smallest absolute Gasteiger partial charge is 0.137 e. The molecule has 100 valence electrons. The van der Waals surface area contributed by atoms with E-state index in [1.807, 2.05) is 25.1 Å². The average molecular weight is 268 g/mol. The first kappa shape index (κ1) is 13.7. The molecular formula is C15H22ClNO. The van der Waals surface area contributed by atoms with Gasteiger partial charge in [-0.1, -0.05) is 24.6 Å². The lowest BCUT2D eigenvalue weighted by molar-refractivity contribution is 0.249. The minimum absolute atomic E-state index is 0.474. The van der Waals surface area contributed by atoms with Gasteiger partial charge in [0.15, 0.2) is 0 Å². The first-order valence-electron chi connectivity index (χ1n) is 6.83. The Morgan fingerprint density at radius 1 is 1.44 bits per heavy atom. The van der Waals surface area contributed by atoms with E-state index in [-0.39, 0.29) is 0 Å². The lowest BCUT2D eigenvalue weighted by Gasteiger charge is -2.19. The monoisotopic (exact) mass is 267 g/mol. The van der Waals surface area contributed by atoms with Crippen molar-refractivity contribution in [2.45, 2.75) is 39.2 Å². The molecule has 2 rings (SSSR count). The number of nitrogens with one attached hydrogen (secondary N) is 1. The summed E-state index contributed by atoms with van der Waals surface area (Å²) >= 11 is 6.17. The summed E-state index contributed by atoms with van der Waals surface area (Å²) in [5.41, 5.74) is 1.16. The van der Waals surface area contributed by atoms with Crippen molar-refractivity contribution in [3.05, 3.63) is 28.8 Å². The van der Waals surface area contributed by atoms with Gasteiger partial charge in [0.2, 0.25) is 0 Å². The Labute approximate surface area is 115 Å². The second-order valence-corrected chi connectivity index (χ2v) is 5.55. The summed E-state index contributed by atoms with van der Waals surface area (Å²) in [6, 6.07) is 6.42. The lowest BCUT2D eigenvalue weighted by atomic mass is 10.2. The van der Waals surface area contributed by atoms with E-state index in [4.69, 9.17) is 16.3 Å². The van der Waals surface area contributed by atoms with E-state index >= 15 is 0 Å². The van der Waals surface area contributed by atoms with Crippen molar-refractivity contribution in [2.24, 2.45) is 5.92 Å². The van der Waals surface area contributed by atoms with Gasteiger partial charge >= 0.3 is 0 Å². The van der Waals surface area contributed by atoms with Crippen molar-refractivity contribution < 1.29 is 4.74 Å². The molecule has 0 aromatic heterocycles. The molecule has 1 N–H and O–H groups in total. The summed E-state index contributed by atoms with van der Waals surface area (Å²) in [5, 5.41) is 4.27. The molecule has 0 aliphatic heterocycles. The first-order chi connectivity index (χ1) is 8.70. The molecule has 0 bridgehead atoms. The number of hydrogen-bond acceptors (Lipinski definition) is 2. The molecule has 3 heteroatoms. The molecule has 1 fully saturated rings. The molecule has 0 heterocycles. The van der Waals surface area contributed by atoms with Crippen LogP contribution >= 0.6 is 11.6 Å². The maximum absolute atomic E-state index is 6.17. The molecule has 0 spiro atoms. The highest BCUT2D eigenvalue weighted by atomic mass is 35.5. The zero-order valence-electron chi connectivity index (χ0n) is 11.2. The van der Waals surface area contributed by atoms with Crippen molar-refractivity contribution in [1.29, 1.82) is 0 Å². The van der Waals surface area contributed by atoms with Crippen LogP contribution in [0.15, 0.2) is 18.2 Å². The van der Waals surface area contributed by atoms with Crippen LogP contribution in [0, 0.1) is 12.8 Å². The van der Waals surface area contributed by atoms with Crippen molar-refractivity contribution in [3.63, 3.8) is 0 Å². The molecule has 1 aromatic carbocycles. The van der Waals surface area contributed by atoms with Crippen LogP contribution in [0.3, 0.4) is 0 Å². The van der Waals surface area contributed by atoms with Crippen molar-refractivity contribution in [2.75, 3.05) is 13.2 Å². The molecule has 1 aliphatic rings. The second kappa shape index (κ2) is 6.44. The molecule has 0 saturated heterocycles. The number of halogens is 1. The van der Waals surface area contributed by atoms with Crippen molar-refractivity contribution >= 4 is 11.6 Å². The molecule has 1 unspecified atom stereocenters. The summed E-state index contributed by atoms with van der Waals surface area (Å²) in [6.07, 6.45) is 3.81.